The highest BCUT2D eigenvalue weighted by molar-refractivity contribution is 5.81. The van der Waals surface area contributed by atoms with Gasteiger partial charge in [0.25, 0.3) is 0 Å². The van der Waals surface area contributed by atoms with Crippen molar-refractivity contribution in [3.8, 4) is 0 Å². The molecular formula is C13H25N3O. The summed E-state index contributed by atoms with van der Waals surface area (Å²) >= 11 is 0. The van der Waals surface area contributed by atoms with E-state index in [9.17, 15) is 0 Å². The number of hydrogen-bond donors (Lipinski definition) is 2. The van der Waals surface area contributed by atoms with Crippen LogP contribution in [0.2, 0.25) is 0 Å². The van der Waals surface area contributed by atoms with Gasteiger partial charge < -0.3 is 10.9 Å². The molecule has 0 aromatic rings. The first kappa shape index (κ1) is 12.7. The molecule has 98 valence electrons. The first-order valence-corrected chi connectivity index (χ1v) is 6.91. The van der Waals surface area contributed by atoms with Crippen molar-refractivity contribution in [3.63, 3.8) is 0 Å². The molecule has 0 spiro atoms. The predicted molar refractivity (Wildman–Crippen MR) is 69.1 cm³/mol. The Morgan fingerprint density at radius 2 is 2.24 bits per heavy atom. The van der Waals surface area contributed by atoms with E-state index in [4.69, 9.17) is 10.9 Å². The maximum absolute atomic E-state index is 8.65. The van der Waals surface area contributed by atoms with Gasteiger partial charge in [0.2, 0.25) is 0 Å². The van der Waals surface area contributed by atoms with Gasteiger partial charge in [0.1, 0.15) is 0 Å². The zero-order chi connectivity index (χ0) is 12.3. The van der Waals surface area contributed by atoms with Crippen molar-refractivity contribution in [2.45, 2.75) is 39.0 Å². The molecule has 0 heterocycles. The maximum atomic E-state index is 8.65. The number of oxime groups is 1. The Labute approximate surface area is 104 Å². The summed E-state index contributed by atoms with van der Waals surface area (Å²) in [7, 11) is 0. The molecule has 0 amide bonds. The van der Waals surface area contributed by atoms with Gasteiger partial charge in [-0.05, 0) is 50.0 Å². The summed E-state index contributed by atoms with van der Waals surface area (Å²) in [6.07, 6.45) is 6.86. The maximum Gasteiger partial charge on any atom is 0.153 e. The molecular weight excluding hydrogens is 214 g/mol. The molecule has 3 unspecified atom stereocenters. The minimum Gasteiger partial charge on any atom is -0.409 e. The third-order valence-corrected chi connectivity index (χ3v) is 4.43. The largest absolute Gasteiger partial charge is 0.409 e. The minimum atomic E-state index is 0.335. The van der Waals surface area contributed by atoms with E-state index >= 15 is 0 Å². The molecule has 2 fully saturated rings. The molecule has 2 aliphatic carbocycles. The van der Waals surface area contributed by atoms with Gasteiger partial charge in [-0.3, -0.25) is 4.90 Å². The van der Waals surface area contributed by atoms with Gasteiger partial charge in [0.15, 0.2) is 5.84 Å². The molecule has 4 nitrogen and oxygen atoms in total. The van der Waals surface area contributed by atoms with Crippen LogP contribution in [0.25, 0.3) is 0 Å². The van der Waals surface area contributed by atoms with Crippen LogP contribution in [0, 0.1) is 17.8 Å². The zero-order valence-electron chi connectivity index (χ0n) is 10.8. The number of nitrogens with two attached hydrogens (primary N) is 1. The van der Waals surface area contributed by atoms with Gasteiger partial charge in [-0.25, -0.2) is 0 Å². The van der Waals surface area contributed by atoms with Crippen LogP contribution in [0.5, 0.6) is 0 Å². The second-order valence-electron chi connectivity index (χ2n) is 5.76. The van der Waals surface area contributed by atoms with Crippen LogP contribution in [0.1, 0.15) is 39.0 Å². The van der Waals surface area contributed by atoms with E-state index in [1.54, 1.807) is 0 Å². The van der Waals surface area contributed by atoms with Crippen LogP contribution >= 0.6 is 0 Å². The Bertz CT molecular complexity index is 280. The first-order valence-electron chi connectivity index (χ1n) is 6.91. The number of amidine groups is 1. The monoisotopic (exact) mass is 239 g/mol. The fourth-order valence-electron chi connectivity index (χ4n) is 3.74. The third-order valence-electron chi connectivity index (χ3n) is 4.43. The number of nitrogens with zero attached hydrogens (tertiary/aromatic N) is 2. The molecule has 2 bridgehead atoms. The summed E-state index contributed by atoms with van der Waals surface area (Å²) in [4.78, 5) is 2.35. The average Bonchev–Trinajstić information content (AvgIpc) is 2.91. The Hall–Kier alpha value is -0.770. The molecule has 17 heavy (non-hydrogen) atoms. The first-order chi connectivity index (χ1) is 8.22. The lowest BCUT2D eigenvalue weighted by Crippen LogP contribution is -2.38. The lowest BCUT2D eigenvalue weighted by Gasteiger charge is -2.29. The second-order valence-corrected chi connectivity index (χ2v) is 5.76. The number of fused-ring (bicyclic) bond motifs is 2. The van der Waals surface area contributed by atoms with Crippen molar-refractivity contribution in [1.29, 1.82) is 0 Å². The summed E-state index contributed by atoms with van der Waals surface area (Å²) in [5, 5.41) is 11.7. The number of rotatable bonds is 6. The molecule has 0 aliphatic heterocycles. The van der Waals surface area contributed by atoms with Crippen molar-refractivity contribution in [1.82, 2.24) is 4.90 Å². The smallest absolute Gasteiger partial charge is 0.153 e. The summed E-state index contributed by atoms with van der Waals surface area (Å²) in [6.45, 7) is 4.97. The topological polar surface area (TPSA) is 61.8 Å². The molecule has 0 aromatic carbocycles. The van der Waals surface area contributed by atoms with Crippen molar-refractivity contribution in [3.05, 3.63) is 0 Å². The van der Waals surface area contributed by atoms with E-state index in [2.05, 4.69) is 17.0 Å². The van der Waals surface area contributed by atoms with Gasteiger partial charge in [-0.1, -0.05) is 18.5 Å². The lowest BCUT2D eigenvalue weighted by molar-refractivity contribution is 0.206. The lowest BCUT2D eigenvalue weighted by atomic mass is 9.88. The molecule has 3 N–H and O–H groups in total. The van der Waals surface area contributed by atoms with Crippen molar-refractivity contribution in [2.24, 2.45) is 28.6 Å². The molecule has 0 aromatic heterocycles. The Balaban J connectivity index is 1.84. The Kier molecular flexibility index (Phi) is 4.26. The van der Waals surface area contributed by atoms with Crippen LogP contribution in [-0.4, -0.2) is 35.6 Å². The van der Waals surface area contributed by atoms with E-state index in [0.29, 0.717) is 12.4 Å². The molecule has 3 atom stereocenters. The van der Waals surface area contributed by atoms with Crippen LogP contribution in [0.3, 0.4) is 0 Å². The summed E-state index contributed by atoms with van der Waals surface area (Å²) in [5.41, 5.74) is 5.61. The van der Waals surface area contributed by atoms with Crippen LogP contribution in [0.15, 0.2) is 5.16 Å². The fraction of sp³-hybridized carbons (Fsp3) is 0.923. The van der Waals surface area contributed by atoms with Gasteiger partial charge in [-0.2, -0.15) is 0 Å². The van der Waals surface area contributed by atoms with Crippen molar-refractivity contribution in [2.75, 3.05) is 19.6 Å². The fourth-order valence-corrected chi connectivity index (χ4v) is 3.74. The Morgan fingerprint density at radius 3 is 2.76 bits per heavy atom. The van der Waals surface area contributed by atoms with E-state index in [-0.39, 0.29) is 0 Å². The second kappa shape index (κ2) is 5.71. The minimum absolute atomic E-state index is 0.335. The Morgan fingerprint density at radius 1 is 1.41 bits per heavy atom. The van der Waals surface area contributed by atoms with Crippen molar-refractivity contribution >= 4 is 5.84 Å². The van der Waals surface area contributed by atoms with E-state index in [1.165, 1.54) is 25.7 Å². The van der Waals surface area contributed by atoms with E-state index in [1.807, 2.05) is 0 Å². The SMILES string of the molecule is CCCN(CC(N)=NO)CC1CC2CCC1C2. The third kappa shape index (κ3) is 3.12. The molecule has 4 heteroatoms. The highest BCUT2D eigenvalue weighted by Gasteiger charge is 2.39. The highest BCUT2D eigenvalue weighted by Crippen LogP contribution is 2.48. The van der Waals surface area contributed by atoms with Gasteiger partial charge in [0, 0.05) is 6.54 Å². The standard InChI is InChI=1S/C13H25N3O/c1-2-5-16(9-13(14)15-17)8-12-7-10-3-4-11(12)6-10/h10-12,17H,2-9H2,1H3,(H2,14,15). The molecule has 2 aliphatic rings. The van der Waals surface area contributed by atoms with Crippen molar-refractivity contribution < 1.29 is 5.21 Å². The van der Waals surface area contributed by atoms with Gasteiger partial charge in [0.05, 0.1) is 6.54 Å². The number of hydrogen-bond acceptors (Lipinski definition) is 3. The predicted octanol–water partition coefficient (Wildman–Crippen LogP) is 1.88. The quantitative estimate of drug-likeness (QED) is 0.322. The summed E-state index contributed by atoms with van der Waals surface area (Å²) in [6, 6.07) is 0. The molecule has 2 saturated carbocycles. The van der Waals surface area contributed by atoms with Crippen LogP contribution in [-0.2, 0) is 0 Å². The zero-order valence-corrected chi connectivity index (χ0v) is 10.8. The highest BCUT2D eigenvalue weighted by atomic mass is 16.4. The molecule has 2 rings (SSSR count). The molecule has 0 saturated heterocycles. The molecule has 0 radical (unpaired) electrons. The van der Waals surface area contributed by atoms with E-state index < -0.39 is 0 Å². The van der Waals surface area contributed by atoms with Gasteiger partial charge >= 0.3 is 0 Å². The summed E-state index contributed by atoms with van der Waals surface area (Å²) in [5.74, 6) is 3.14. The normalized spacial score (nSPS) is 32.6. The average molecular weight is 239 g/mol. The van der Waals surface area contributed by atoms with Crippen LogP contribution < -0.4 is 5.73 Å². The van der Waals surface area contributed by atoms with Gasteiger partial charge in [-0.15, -0.1) is 0 Å². The summed E-state index contributed by atoms with van der Waals surface area (Å²) < 4.78 is 0. The van der Waals surface area contributed by atoms with Crippen LogP contribution in [0.4, 0.5) is 0 Å². The van der Waals surface area contributed by atoms with E-state index in [0.717, 1.165) is 37.3 Å².